The van der Waals surface area contributed by atoms with Crippen LogP contribution in [0.25, 0.3) is 0 Å². The van der Waals surface area contributed by atoms with E-state index >= 15 is 0 Å². The van der Waals surface area contributed by atoms with Gasteiger partial charge in [-0.05, 0) is 13.8 Å². The summed E-state index contributed by atoms with van der Waals surface area (Å²) in [4.78, 5) is 37.8. The molecule has 0 saturated heterocycles. The number of hydrazone groups is 1. The quantitative estimate of drug-likeness (QED) is 0.364. The average molecular weight is 239 g/mol. The normalized spacial score (nSPS) is 12.6. The van der Waals surface area contributed by atoms with Crippen LogP contribution in [0.15, 0.2) is 14.7 Å². The van der Waals surface area contributed by atoms with Crippen LogP contribution in [0.5, 0.6) is 0 Å². The molecule has 0 fully saturated rings. The second kappa shape index (κ2) is 5.21. The minimum absolute atomic E-state index is 0.162. The predicted octanol–water partition coefficient (Wildman–Crippen LogP) is -1.83. The standard InChI is InChI=1S/C9H13N5O3/c1-4(10)7(15)14-11-3-6-5(2)12-9(17)13-8(6)16/h3-4H,10H2,1-2H3,(H,14,15)(H2,12,13,16,17)/b11-3+/t4-/m0/s1. The van der Waals surface area contributed by atoms with Crippen LogP contribution < -0.4 is 22.4 Å². The molecule has 5 N–H and O–H groups in total. The van der Waals surface area contributed by atoms with Crippen molar-refractivity contribution < 1.29 is 4.79 Å². The molecule has 0 unspecified atom stereocenters. The zero-order valence-corrected chi connectivity index (χ0v) is 9.40. The SMILES string of the molecule is Cc1[nH]c(=O)[nH]c(=O)c1/C=N/NC(=O)[C@H](C)N. The number of H-pyrrole nitrogens is 2. The third-order valence-corrected chi connectivity index (χ3v) is 1.96. The van der Waals surface area contributed by atoms with Gasteiger partial charge in [-0.1, -0.05) is 0 Å². The van der Waals surface area contributed by atoms with Gasteiger partial charge in [-0.25, -0.2) is 10.2 Å². The number of aromatic amines is 2. The van der Waals surface area contributed by atoms with Crippen molar-refractivity contribution in [3.8, 4) is 0 Å². The first kappa shape index (κ1) is 12.8. The van der Waals surface area contributed by atoms with E-state index in [0.29, 0.717) is 5.69 Å². The van der Waals surface area contributed by atoms with Crippen LogP contribution in [0, 0.1) is 6.92 Å². The van der Waals surface area contributed by atoms with Gasteiger partial charge in [-0.2, -0.15) is 5.10 Å². The first-order valence-corrected chi connectivity index (χ1v) is 4.83. The molecule has 8 nitrogen and oxygen atoms in total. The third kappa shape index (κ3) is 3.38. The van der Waals surface area contributed by atoms with Crippen LogP contribution in [0.1, 0.15) is 18.2 Å². The van der Waals surface area contributed by atoms with Crippen molar-refractivity contribution in [2.45, 2.75) is 19.9 Å². The fourth-order valence-electron chi connectivity index (χ4n) is 1.03. The summed E-state index contributed by atoms with van der Waals surface area (Å²) in [6.07, 6.45) is 1.14. The van der Waals surface area contributed by atoms with Gasteiger partial charge in [0.25, 0.3) is 11.5 Å². The molecule has 1 aromatic heterocycles. The second-order valence-corrected chi connectivity index (χ2v) is 3.47. The zero-order chi connectivity index (χ0) is 13.0. The van der Waals surface area contributed by atoms with E-state index < -0.39 is 23.2 Å². The van der Waals surface area contributed by atoms with Crippen molar-refractivity contribution in [1.29, 1.82) is 0 Å². The Morgan fingerprint density at radius 3 is 2.65 bits per heavy atom. The van der Waals surface area contributed by atoms with Crippen molar-refractivity contribution >= 4 is 12.1 Å². The highest BCUT2D eigenvalue weighted by molar-refractivity contribution is 5.84. The monoisotopic (exact) mass is 239 g/mol. The maximum Gasteiger partial charge on any atom is 0.325 e. The molecular formula is C9H13N5O3. The van der Waals surface area contributed by atoms with Crippen molar-refractivity contribution in [3.63, 3.8) is 0 Å². The lowest BCUT2D eigenvalue weighted by Crippen LogP contribution is -2.35. The van der Waals surface area contributed by atoms with Gasteiger partial charge in [0.05, 0.1) is 17.8 Å². The van der Waals surface area contributed by atoms with Crippen LogP contribution in [0.4, 0.5) is 0 Å². The highest BCUT2D eigenvalue weighted by Gasteiger charge is 2.05. The molecule has 92 valence electrons. The molecule has 0 bridgehead atoms. The van der Waals surface area contributed by atoms with Gasteiger partial charge in [-0.15, -0.1) is 0 Å². The number of hydrogen-bond acceptors (Lipinski definition) is 5. The molecule has 0 aliphatic carbocycles. The lowest BCUT2D eigenvalue weighted by Gasteiger charge is -2.02. The van der Waals surface area contributed by atoms with Crippen LogP contribution in [-0.2, 0) is 4.79 Å². The van der Waals surface area contributed by atoms with Gasteiger partial charge < -0.3 is 10.7 Å². The van der Waals surface area contributed by atoms with E-state index in [4.69, 9.17) is 5.73 Å². The summed E-state index contributed by atoms with van der Waals surface area (Å²) in [5.74, 6) is -0.472. The Morgan fingerprint density at radius 1 is 1.47 bits per heavy atom. The molecule has 8 heteroatoms. The smallest absolute Gasteiger partial charge is 0.320 e. The summed E-state index contributed by atoms with van der Waals surface area (Å²) in [6.45, 7) is 3.05. The Hall–Kier alpha value is -2.22. The zero-order valence-electron chi connectivity index (χ0n) is 9.40. The Labute approximate surface area is 95.9 Å². The molecule has 0 spiro atoms. The largest absolute Gasteiger partial charge is 0.325 e. The van der Waals surface area contributed by atoms with E-state index in [9.17, 15) is 14.4 Å². The Balaban J connectivity index is 2.90. The molecule has 1 amide bonds. The number of rotatable bonds is 3. The minimum Gasteiger partial charge on any atom is -0.320 e. The maximum absolute atomic E-state index is 11.4. The highest BCUT2D eigenvalue weighted by atomic mass is 16.2. The number of aryl methyl sites for hydroxylation is 1. The molecule has 1 rings (SSSR count). The molecular weight excluding hydrogens is 226 g/mol. The molecule has 0 saturated carbocycles. The predicted molar refractivity (Wildman–Crippen MR) is 61.8 cm³/mol. The number of aromatic nitrogens is 2. The van der Waals surface area contributed by atoms with Crippen LogP contribution in [-0.4, -0.2) is 28.1 Å². The van der Waals surface area contributed by atoms with E-state index in [0.717, 1.165) is 6.21 Å². The Morgan fingerprint density at radius 2 is 2.12 bits per heavy atom. The van der Waals surface area contributed by atoms with Crippen LogP contribution >= 0.6 is 0 Å². The fourth-order valence-corrected chi connectivity index (χ4v) is 1.03. The van der Waals surface area contributed by atoms with Crippen LogP contribution in [0.2, 0.25) is 0 Å². The fraction of sp³-hybridized carbons (Fsp3) is 0.333. The molecule has 1 aromatic rings. The van der Waals surface area contributed by atoms with E-state index in [1.54, 1.807) is 6.92 Å². The van der Waals surface area contributed by atoms with E-state index in [1.165, 1.54) is 6.92 Å². The molecule has 0 aliphatic rings. The minimum atomic E-state index is -0.692. The summed E-state index contributed by atoms with van der Waals surface area (Å²) in [5, 5.41) is 3.57. The summed E-state index contributed by atoms with van der Waals surface area (Å²) in [7, 11) is 0. The van der Waals surface area contributed by atoms with Gasteiger partial charge in [0.2, 0.25) is 0 Å². The van der Waals surface area contributed by atoms with Crippen LogP contribution in [0.3, 0.4) is 0 Å². The maximum atomic E-state index is 11.4. The van der Waals surface area contributed by atoms with Crippen molar-refractivity contribution in [2.24, 2.45) is 10.8 Å². The van der Waals surface area contributed by atoms with Gasteiger partial charge in [-0.3, -0.25) is 14.6 Å². The number of carbonyl (C=O) groups is 1. The highest BCUT2D eigenvalue weighted by Crippen LogP contribution is 1.89. The Bertz CT molecular complexity index is 554. The number of hydrogen-bond donors (Lipinski definition) is 4. The topological polar surface area (TPSA) is 133 Å². The molecule has 17 heavy (non-hydrogen) atoms. The van der Waals surface area contributed by atoms with Crippen molar-refractivity contribution in [2.75, 3.05) is 0 Å². The van der Waals surface area contributed by atoms with Gasteiger partial charge in [0, 0.05) is 5.69 Å². The summed E-state index contributed by atoms with van der Waals surface area (Å²) < 4.78 is 0. The summed E-state index contributed by atoms with van der Waals surface area (Å²) in [5.41, 5.74) is 6.80. The summed E-state index contributed by atoms with van der Waals surface area (Å²) in [6, 6.07) is -0.692. The molecule has 0 radical (unpaired) electrons. The number of nitrogens with two attached hydrogens (primary N) is 1. The van der Waals surface area contributed by atoms with Gasteiger partial charge in [0.15, 0.2) is 0 Å². The molecule has 0 aliphatic heterocycles. The van der Waals surface area contributed by atoms with E-state index in [2.05, 4.69) is 15.5 Å². The Kier molecular flexibility index (Phi) is 3.94. The van der Waals surface area contributed by atoms with Crippen molar-refractivity contribution in [1.82, 2.24) is 15.4 Å². The number of nitrogens with one attached hydrogen (secondary N) is 3. The lowest BCUT2D eigenvalue weighted by molar-refractivity contribution is -0.121. The number of carbonyl (C=O) groups excluding carboxylic acids is 1. The van der Waals surface area contributed by atoms with Gasteiger partial charge >= 0.3 is 5.69 Å². The first-order chi connectivity index (χ1) is 7.91. The van der Waals surface area contributed by atoms with Gasteiger partial charge in [0.1, 0.15) is 0 Å². The second-order valence-electron chi connectivity index (χ2n) is 3.47. The first-order valence-electron chi connectivity index (χ1n) is 4.83. The summed E-state index contributed by atoms with van der Waals surface area (Å²) >= 11 is 0. The van der Waals surface area contributed by atoms with Crippen molar-refractivity contribution in [3.05, 3.63) is 32.1 Å². The molecule has 1 atom stereocenters. The number of amides is 1. The lowest BCUT2D eigenvalue weighted by atomic mass is 10.2. The molecule has 0 aromatic carbocycles. The third-order valence-electron chi connectivity index (χ3n) is 1.96. The number of nitrogens with zero attached hydrogens (tertiary/aromatic N) is 1. The van der Waals surface area contributed by atoms with E-state index in [1.807, 2.05) is 4.98 Å². The van der Waals surface area contributed by atoms with E-state index in [-0.39, 0.29) is 5.56 Å². The average Bonchev–Trinajstić information content (AvgIpc) is 2.21. The molecule has 1 heterocycles.